The first-order valence-corrected chi connectivity index (χ1v) is 9.59. The van der Waals surface area contributed by atoms with E-state index in [4.69, 9.17) is 20.8 Å². The van der Waals surface area contributed by atoms with E-state index < -0.39 is 12.0 Å². The van der Waals surface area contributed by atoms with Crippen LogP contribution in [0.15, 0.2) is 68.1 Å². The fraction of sp³-hybridized carbons (Fsp3) is 0.150. The second kappa shape index (κ2) is 7.26. The number of fused-ring (bicyclic) bond motifs is 1. The second-order valence-electron chi connectivity index (χ2n) is 6.11. The first kappa shape index (κ1) is 18.5. The van der Waals surface area contributed by atoms with Crippen molar-refractivity contribution in [2.24, 2.45) is 4.99 Å². The number of benzene rings is 1. The summed E-state index contributed by atoms with van der Waals surface area (Å²) in [5.41, 5.74) is 1.12. The number of nitrogens with zero attached hydrogens (tertiary/aromatic N) is 2. The standard InChI is InChI=1S/C20H15ClN2O4S/c1-11-16(19(25)26-2)17(13-7-3-4-8-14(13)21)23-18(24)15(28-20(23)22-11)10-12-6-5-9-27-12/h3-10,17H,1-2H3/b15-10+/t17-/m0/s1. The number of hydrogen-bond acceptors (Lipinski definition) is 6. The third-order valence-electron chi connectivity index (χ3n) is 4.44. The number of esters is 1. The van der Waals surface area contributed by atoms with E-state index in [1.54, 1.807) is 43.3 Å². The highest BCUT2D eigenvalue weighted by Crippen LogP contribution is 2.34. The first-order chi connectivity index (χ1) is 13.5. The van der Waals surface area contributed by atoms with Crippen molar-refractivity contribution in [3.8, 4) is 0 Å². The number of rotatable bonds is 3. The summed E-state index contributed by atoms with van der Waals surface area (Å²) in [5.74, 6) is 0.00921. The summed E-state index contributed by atoms with van der Waals surface area (Å²) in [5, 5.41) is 0.448. The molecular weight excluding hydrogens is 400 g/mol. The van der Waals surface area contributed by atoms with Gasteiger partial charge >= 0.3 is 5.97 Å². The number of ether oxygens (including phenoxy) is 1. The second-order valence-corrected chi connectivity index (χ2v) is 7.53. The molecule has 1 aliphatic rings. The predicted molar refractivity (Wildman–Crippen MR) is 106 cm³/mol. The van der Waals surface area contributed by atoms with Gasteiger partial charge in [0.2, 0.25) is 0 Å². The van der Waals surface area contributed by atoms with Gasteiger partial charge in [0.1, 0.15) is 11.8 Å². The van der Waals surface area contributed by atoms with E-state index in [2.05, 4.69) is 4.99 Å². The van der Waals surface area contributed by atoms with E-state index in [9.17, 15) is 9.59 Å². The van der Waals surface area contributed by atoms with Gasteiger partial charge in [-0.25, -0.2) is 9.79 Å². The molecule has 0 saturated heterocycles. The van der Waals surface area contributed by atoms with E-state index >= 15 is 0 Å². The van der Waals surface area contributed by atoms with E-state index in [0.29, 0.717) is 31.4 Å². The van der Waals surface area contributed by atoms with Crippen LogP contribution in [0.3, 0.4) is 0 Å². The van der Waals surface area contributed by atoms with E-state index in [-0.39, 0.29) is 11.1 Å². The van der Waals surface area contributed by atoms with Crippen molar-refractivity contribution < 1.29 is 13.9 Å². The van der Waals surface area contributed by atoms with Gasteiger partial charge in [0, 0.05) is 11.1 Å². The molecule has 1 aromatic carbocycles. The summed E-state index contributed by atoms with van der Waals surface area (Å²) in [7, 11) is 1.30. The fourth-order valence-corrected chi connectivity index (χ4v) is 4.45. The van der Waals surface area contributed by atoms with Crippen LogP contribution in [0.4, 0.5) is 0 Å². The highest BCUT2D eigenvalue weighted by Gasteiger charge is 2.34. The topological polar surface area (TPSA) is 73.8 Å². The molecule has 2 aromatic heterocycles. The number of halogens is 1. The Morgan fingerprint density at radius 1 is 1.32 bits per heavy atom. The lowest BCUT2D eigenvalue weighted by atomic mass is 9.96. The Labute approximate surface area is 168 Å². The zero-order valence-electron chi connectivity index (χ0n) is 15.0. The number of methoxy groups -OCH3 is 1. The minimum Gasteiger partial charge on any atom is -0.466 e. The zero-order chi connectivity index (χ0) is 19.8. The molecule has 0 radical (unpaired) electrons. The average molecular weight is 415 g/mol. The highest BCUT2D eigenvalue weighted by molar-refractivity contribution is 7.07. The van der Waals surface area contributed by atoms with E-state index in [1.165, 1.54) is 29.3 Å². The minimum absolute atomic E-state index is 0.279. The molecule has 142 valence electrons. The van der Waals surface area contributed by atoms with Crippen LogP contribution in [0.25, 0.3) is 6.08 Å². The molecule has 4 rings (SSSR count). The van der Waals surface area contributed by atoms with Gasteiger partial charge in [0.15, 0.2) is 4.80 Å². The van der Waals surface area contributed by atoms with Gasteiger partial charge in [-0.1, -0.05) is 41.1 Å². The van der Waals surface area contributed by atoms with E-state index in [0.717, 1.165) is 0 Å². The third-order valence-corrected chi connectivity index (χ3v) is 5.77. The molecule has 0 saturated carbocycles. The van der Waals surface area contributed by atoms with Crippen LogP contribution in [0.1, 0.15) is 24.3 Å². The van der Waals surface area contributed by atoms with Crippen LogP contribution in [0.2, 0.25) is 5.02 Å². The van der Waals surface area contributed by atoms with Gasteiger partial charge < -0.3 is 9.15 Å². The average Bonchev–Trinajstić information content (AvgIpc) is 3.29. The van der Waals surface area contributed by atoms with Crippen molar-refractivity contribution >= 4 is 35.0 Å². The molecule has 28 heavy (non-hydrogen) atoms. The smallest absolute Gasteiger partial charge is 0.338 e. The lowest BCUT2D eigenvalue weighted by molar-refractivity contribution is -0.136. The maximum atomic E-state index is 13.2. The maximum absolute atomic E-state index is 13.2. The Hall–Kier alpha value is -2.90. The molecule has 0 bridgehead atoms. The van der Waals surface area contributed by atoms with Crippen LogP contribution in [-0.2, 0) is 9.53 Å². The lowest BCUT2D eigenvalue weighted by Gasteiger charge is -2.25. The number of carbonyl (C=O) groups is 1. The predicted octanol–water partition coefficient (Wildman–Crippen LogP) is 2.65. The number of hydrogen-bond donors (Lipinski definition) is 0. The fourth-order valence-electron chi connectivity index (χ4n) is 3.19. The summed E-state index contributed by atoms with van der Waals surface area (Å²) in [6.45, 7) is 1.72. The molecule has 0 spiro atoms. The van der Waals surface area contributed by atoms with Crippen LogP contribution in [-0.4, -0.2) is 17.6 Å². The maximum Gasteiger partial charge on any atom is 0.338 e. The van der Waals surface area contributed by atoms with E-state index in [1.807, 2.05) is 6.07 Å². The number of carbonyl (C=O) groups excluding carboxylic acids is 1. The van der Waals surface area contributed by atoms with Crippen LogP contribution in [0, 0.1) is 0 Å². The number of thiazole rings is 1. The summed E-state index contributed by atoms with van der Waals surface area (Å²) < 4.78 is 12.2. The molecule has 0 amide bonds. The van der Waals surface area contributed by atoms with Crippen LogP contribution < -0.4 is 14.9 Å². The number of aromatic nitrogens is 1. The molecular formula is C20H15ClN2O4S. The number of allylic oxidation sites excluding steroid dienone is 1. The molecule has 8 heteroatoms. The Morgan fingerprint density at radius 3 is 2.79 bits per heavy atom. The molecule has 6 nitrogen and oxygen atoms in total. The van der Waals surface area contributed by atoms with Crippen molar-refractivity contribution in [2.45, 2.75) is 13.0 Å². The molecule has 0 N–H and O–H groups in total. The first-order valence-electron chi connectivity index (χ1n) is 8.40. The summed E-state index contributed by atoms with van der Waals surface area (Å²) in [6, 6.07) is 9.89. The van der Waals surface area contributed by atoms with Crippen molar-refractivity contribution in [3.05, 3.63) is 90.0 Å². The molecule has 1 aliphatic heterocycles. The number of furan rings is 1. The molecule has 0 fully saturated rings. The quantitative estimate of drug-likeness (QED) is 0.617. The van der Waals surface area contributed by atoms with Gasteiger partial charge in [0.05, 0.1) is 29.2 Å². The van der Waals surface area contributed by atoms with Crippen molar-refractivity contribution in [2.75, 3.05) is 7.11 Å². The highest BCUT2D eigenvalue weighted by atomic mass is 35.5. The monoisotopic (exact) mass is 414 g/mol. The molecule has 1 atom stereocenters. The van der Waals surface area contributed by atoms with Crippen molar-refractivity contribution in [1.82, 2.24) is 4.57 Å². The van der Waals surface area contributed by atoms with Gasteiger partial charge in [-0.2, -0.15) is 0 Å². The Kier molecular flexibility index (Phi) is 4.78. The van der Waals surface area contributed by atoms with Gasteiger partial charge in [-0.3, -0.25) is 9.36 Å². The Bertz CT molecular complexity index is 1270. The van der Waals surface area contributed by atoms with Gasteiger partial charge in [-0.15, -0.1) is 0 Å². The van der Waals surface area contributed by atoms with Gasteiger partial charge in [-0.05, 0) is 30.7 Å². The zero-order valence-corrected chi connectivity index (χ0v) is 16.6. The molecule has 0 aliphatic carbocycles. The summed E-state index contributed by atoms with van der Waals surface area (Å²) in [6.07, 6.45) is 3.19. The third kappa shape index (κ3) is 3.02. The van der Waals surface area contributed by atoms with Crippen molar-refractivity contribution in [3.63, 3.8) is 0 Å². The normalized spacial score (nSPS) is 16.7. The summed E-state index contributed by atoms with van der Waals surface area (Å²) in [4.78, 5) is 30.7. The molecule has 0 unspecified atom stereocenters. The SMILES string of the molecule is COC(=O)C1=C(C)N=c2s/c(=C/c3ccco3)c(=O)n2[C@H]1c1ccccc1Cl. The van der Waals surface area contributed by atoms with Crippen LogP contribution >= 0.6 is 22.9 Å². The summed E-state index contributed by atoms with van der Waals surface area (Å²) >= 11 is 7.65. The molecule has 3 heterocycles. The van der Waals surface area contributed by atoms with Gasteiger partial charge in [0.25, 0.3) is 5.56 Å². The lowest BCUT2D eigenvalue weighted by Crippen LogP contribution is -2.39. The van der Waals surface area contributed by atoms with Crippen molar-refractivity contribution in [1.29, 1.82) is 0 Å². The Morgan fingerprint density at radius 2 is 2.11 bits per heavy atom. The largest absolute Gasteiger partial charge is 0.466 e. The minimum atomic E-state index is -0.726. The molecule has 3 aromatic rings. The Balaban J connectivity index is 2.03. The van der Waals surface area contributed by atoms with Crippen LogP contribution in [0.5, 0.6) is 0 Å².